The molecule has 0 aliphatic rings. The third kappa shape index (κ3) is 2.17. The van der Waals surface area contributed by atoms with Crippen molar-refractivity contribution >= 4 is 5.69 Å². The van der Waals surface area contributed by atoms with Crippen molar-refractivity contribution < 1.29 is 9.66 Å². The van der Waals surface area contributed by atoms with Crippen LogP contribution in [0.5, 0.6) is 5.75 Å². The van der Waals surface area contributed by atoms with Crippen LogP contribution in [-0.4, -0.2) is 27.0 Å². The van der Waals surface area contributed by atoms with Gasteiger partial charge >= 0.3 is 5.69 Å². The van der Waals surface area contributed by atoms with E-state index in [2.05, 4.69) is 15.0 Å². The number of rotatable bonds is 3. The lowest BCUT2D eigenvalue weighted by atomic mass is 10.2. The summed E-state index contributed by atoms with van der Waals surface area (Å²) < 4.78 is 4.90. The normalized spacial score (nSPS) is 9.94. The average molecular weight is 232 g/mol. The Hall–Kier alpha value is -2.57. The largest absolute Gasteiger partial charge is 0.490 e. The molecule has 2 rings (SSSR count). The molecule has 2 aromatic rings. The molecule has 1 aromatic heterocycles. The summed E-state index contributed by atoms with van der Waals surface area (Å²) >= 11 is 0. The molecule has 0 atom stereocenters. The number of hydrogen-bond acceptors (Lipinski definition) is 6. The Bertz CT molecular complexity index is 545. The van der Waals surface area contributed by atoms with E-state index < -0.39 is 4.92 Å². The lowest BCUT2D eigenvalue weighted by molar-refractivity contribution is -0.385. The monoisotopic (exact) mass is 232 g/mol. The molecule has 0 unspecified atom stereocenters. The van der Waals surface area contributed by atoms with Crippen LogP contribution in [0.15, 0.2) is 30.9 Å². The summed E-state index contributed by atoms with van der Waals surface area (Å²) in [5, 5.41) is 10.8. The molecule has 0 spiro atoms. The lowest BCUT2D eigenvalue weighted by Crippen LogP contribution is -1.95. The highest BCUT2D eigenvalue weighted by Gasteiger charge is 2.16. The fourth-order valence-electron chi connectivity index (χ4n) is 1.36. The molecule has 0 N–H and O–H groups in total. The van der Waals surface area contributed by atoms with E-state index in [9.17, 15) is 10.1 Å². The van der Waals surface area contributed by atoms with Crippen LogP contribution in [0, 0.1) is 10.1 Å². The molecule has 86 valence electrons. The molecular formula is C10H8N4O3. The summed E-state index contributed by atoms with van der Waals surface area (Å²) in [7, 11) is 1.38. The first-order chi connectivity index (χ1) is 8.22. The van der Waals surface area contributed by atoms with E-state index in [4.69, 9.17) is 4.74 Å². The number of ether oxygens (including phenoxy) is 1. The van der Waals surface area contributed by atoms with Gasteiger partial charge in [0.1, 0.15) is 12.7 Å². The highest BCUT2D eigenvalue weighted by atomic mass is 16.6. The molecule has 0 aliphatic carbocycles. The van der Waals surface area contributed by atoms with Crippen LogP contribution in [0.4, 0.5) is 5.69 Å². The number of benzene rings is 1. The van der Waals surface area contributed by atoms with Crippen LogP contribution in [0.2, 0.25) is 0 Å². The quantitative estimate of drug-likeness (QED) is 0.587. The van der Waals surface area contributed by atoms with E-state index >= 15 is 0 Å². The Morgan fingerprint density at radius 3 is 2.59 bits per heavy atom. The predicted molar refractivity (Wildman–Crippen MR) is 58.5 cm³/mol. The zero-order valence-electron chi connectivity index (χ0n) is 8.90. The van der Waals surface area contributed by atoms with E-state index in [1.165, 1.54) is 31.9 Å². The second-order valence-corrected chi connectivity index (χ2v) is 3.11. The third-order valence-corrected chi connectivity index (χ3v) is 2.13. The minimum absolute atomic E-state index is 0.120. The SMILES string of the molecule is COc1ccc(-c2ncncn2)cc1[N+](=O)[O-]. The van der Waals surface area contributed by atoms with Gasteiger partial charge < -0.3 is 4.74 Å². The van der Waals surface area contributed by atoms with Crippen LogP contribution >= 0.6 is 0 Å². The molecular weight excluding hydrogens is 224 g/mol. The Morgan fingerprint density at radius 1 is 1.29 bits per heavy atom. The number of methoxy groups -OCH3 is 1. The first-order valence-electron chi connectivity index (χ1n) is 4.67. The van der Waals surface area contributed by atoms with Gasteiger partial charge in [-0.1, -0.05) is 0 Å². The summed E-state index contributed by atoms with van der Waals surface area (Å²) in [6.07, 6.45) is 2.66. The van der Waals surface area contributed by atoms with Crippen molar-refractivity contribution in [3.8, 4) is 17.1 Å². The fourth-order valence-corrected chi connectivity index (χ4v) is 1.36. The second-order valence-electron chi connectivity index (χ2n) is 3.11. The van der Waals surface area contributed by atoms with Gasteiger partial charge in [-0.15, -0.1) is 0 Å². The summed E-state index contributed by atoms with van der Waals surface area (Å²) in [5.41, 5.74) is 0.422. The van der Waals surface area contributed by atoms with Crippen molar-refractivity contribution in [2.45, 2.75) is 0 Å². The zero-order valence-corrected chi connectivity index (χ0v) is 8.90. The Morgan fingerprint density at radius 2 is 2.00 bits per heavy atom. The topological polar surface area (TPSA) is 91.0 Å². The summed E-state index contributed by atoms with van der Waals surface area (Å²) in [4.78, 5) is 21.8. The van der Waals surface area contributed by atoms with Crippen LogP contribution in [0.25, 0.3) is 11.4 Å². The van der Waals surface area contributed by atoms with Gasteiger partial charge in [-0.25, -0.2) is 15.0 Å². The molecule has 0 bridgehead atoms. The highest BCUT2D eigenvalue weighted by molar-refractivity contribution is 5.63. The summed E-state index contributed by atoms with van der Waals surface area (Å²) in [6, 6.07) is 4.53. The molecule has 0 radical (unpaired) electrons. The molecule has 7 heteroatoms. The van der Waals surface area contributed by atoms with Crippen molar-refractivity contribution in [3.05, 3.63) is 41.0 Å². The van der Waals surface area contributed by atoms with E-state index in [1.807, 2.05) is 0 Å². The molecule has 0 saturated carbocycles. The van der Waals surface area contributed by atoms with Crippen LogP contribution in [-0.2, 0) is 0 Å². The standard InChI is InChI=1S/C10H8N4O3/c1-17-9-3-2-7(4-8(9)14(15)16)10-12-5-11-6-13-10/h2-6H,1H3. The molecule has 0 amide bonds. The van der Waals surface area contributed by atoms with Crippen molar-refractivity contribution in [2.75, 3.05) is 7.11 Å². The van der Waals surface area contributed by atoms with Gasteiger partial charge in [0, 0.05) is 11.6 Å². The highest BCUT2D eigenvalue weighted by Crippen LogP contribution is 2.30. The van der Waals surface area contributed by atoms with Gasteiger partial charge in [-0.3, -0.25) is 10.1 Å². The van der Waals surface area contributed by atoms with E-state index in [0.29, 0.717) is 11.4 Å². The fraction of sp³-hybridized carbons (Fsp3) is 0.100. The van der Waals surface area contributed by atoms with Gasteiger partial charge in [0.25, 0.3) is 0 Å². The maximum atomic E-state index is 10.8. The van der Waals surface area contributed by atoms with Gasteiger partial charge in [0.15, 0.2) is 11.6 Å². The summed E-state index contributed by atoms with van der Waals surface area (Å²) in [6.45, 7) is 0. The third-order valence-electron chi connectivity index (χ3n) is 2.13. The molecule has 17 heavy (non-hydrogen) atoms. The minimum atomic E-state index is -0.510. The molecule has 0 aliphatic heterocycles. The van der Waals surface area contributed by atoms with Gasteiger partial charge in [0.05, 0.1) is 12.0 Å². The second kappa shape index (κ2) is 4.52. The van der Waals surface area contributed by atoms with Crippen molar-refractivity contribution in [3.63, 3.8) is 0 Å². The Kier molecular flexibility index (Phi) is 2.91. The Balaban J connectivity index is 2.51. The number of hydrogen-bond donors (Lipinski definition) is 0. The van der Waals surface area contributed by atoms with E-state index in [1.54, 1.807) is 6.07 Å². The molecule has 0 fully saturated rings. The molecule has 1 aromatic carbocycles. The van der Waals surface area contributed by atoms with E-state index in [0.717, 1.165) is 0 Å². The smallest absolute Gasteiger partial charge is 0.311 e. The van der Waals surface area contributed by atoms with Crippen LogP contribution in [0.1, 0.15) is 0 Å². The molecule has 1 heterocycles. The first-order valence-corrected chi connectivity index (χ1v) is 4.67. The maximum Gasteiger partial charge on any atom is 0.311 e. The van der Waals surface area contributed by atoms with Crippen LogP contribution < -0.4 is 4.74 Å². The molecule has 7 nitrogen and oxygen atoms in total. The summed E-state index contributed by atoms with van der Waals surface area (Å²) in [5.74, 6) is 0.582. The Labute approximate surface area is 96.3 Å². The van der Waals surface area contributed by atoms with Gasteiger partial charge in [0.2, 0.25) is 0 Å². The zero-order chi connectivity index (χ0) is 12.3. The van der Waals surface area contributed by atoms with Crippen molar-refractivity contribution in [2.24, 2.45) is 0 Å². The van der Waals surface area contributed by atoms with E-state index in [-0.39, 0.29) is 11.4 Å². The van der Waals surface area contributed by atoms with Gasteiger partial charge in [-0.05, 0) is 12.1 Å². The average Bonchev–Trinajstić information content (AvgIpc) is 2.39. The number of nitro groups is 1. The van der Waals surface area contributed by atoms with Crippen molar-refractivity contribution in [1.82, 2.24) is 15.0 Å². The minimum Gasteiger partial charge on any atom is -0.490 e. The number of aromatic nitrogens is 3. The maximum absolute atomic E-state index is 10.8. The van der Waals surface area contributed by atoms with Crippen molar-refractivity contribution in [1.29, 1.82) is 0 Å². The van der Waals surface area contributed by atoms with Gasteiger partial charge in [-0.2, -0.15) is 0 Å². The number of nitro benzene ring substituents is 1. The number of nitrogens with zero attached hydrogens (tertiary/aromatic N) is 4. The predicted octanol–water partition coefficient (Wildman–Crippen LogP) is 1.46. The lowest BCUT2D eigenvalue weighted by Gasteiger charge is -2.03. The first kappa shape index (κ1) is 10.9. The molecule has 0 saturated heterocycles. The van der Waals surface area contributed by atoms with Crippen LogP contribution in [0.3, 0.4) is 0 Å².